The molecule has 0 atom stereocenters. The Kier molecular flexibility index (Phi) is 5.38. The fourth-order valence-corrected chi connectivity index (χ4v) is 3.75. The van der Waals surface area contributed by atoms with Gasteiger partial charge in [0.2, 0.25) is 0 Å². The van der Waals surface area contributed by atoms with E-state index in [1.165, 1.54) is 11.3 Å². The molecule has 2 heterocycles. The minimum Gasteiger partial charge on any atom is -0.336 e. The van der Waals surface area contributed by atoms with Crippen LogP contribution in [0.2, 0.25) is 5.02 Å². The van der Waals surface area contributed by atoms with Gasteiger partial charge in [-0.1, -0.05) is 22.9 Å². The molecule has 7 heteroatoms. The summed E-state index contributed by atoms with van der Waals surface area (Å²) in [5, 5.41) is 2.53. The van der Waals surface area contributed by atoms with Crippen molar-refractivity contribution in [2.75, 3.05) is 32.7 Å². The van der Waals surface area contributed by atoms with Gasteiger partial charge in [-0.3, -0.25) is 14.5 Å². The molecule has 1 aliphatic rings. The third-order valence-corrected chi connectivity index (χ3v) is 5.50. The van der Waals surface area contributed by atoms with Gasteiger partial charge in [-0.25, -0.2) is 0 Å². The molecule has 0 radical (unpaired) electrons. The van der Waals surface area contributed by atoms with Crippen LogP contribution in [0.3, 0.4) is 0 Å². The van der Waals surface area contributed by atoms with E-state index in [0.717, 1.165) is 25.3 Å². The van der Waals surface area contributed by atoms with E-state index >= 15 is 0 Å². The highest BCUT2D eigenvalue weighted by Crippen LogP contribution is 2.13. The Hall–Kier alpha value is -1.63. The lowest BCUT2D eigenvalue weighted by atomic mass is 10.2. The van der Waals surface area contributed by atoms with Crippen LogP contribution in [0.1, 0.15) is 16.1 Å². The molecular formula is C17H20ClN3O2S. The first kappa shape index (κ1) is 17.2. The first-order valence-corrected chi connectivity index (χ1v) is 9.22. The SMILES string of the molecule is Cc1csc(=O)n1CCN1CCN(C(=O)c2ccc(Cl)cc2)CC1. The Bertz CT molecular complexity index is 761. The first-order valence-electron chi connectivity index (χ1n) is 7.97. The van der Waals surface area contributed by atoms with Gasteiger partial charge < -0.3 is 9.47 Å². The van der Waals surface area contributed by atoms with Gasteiger partial charge in [0, 0.05) is 60.9 Å². The zero-order chi connectivity index (χ0) is 17.1. The van der Waals surface area contributed by atoms with Crippen molar-refractivity contribution in [1.82, 2.24) is 14.4 Å². The number of aromatic nitrogens is 1. The number of hydrogen-bond donors (Lipinski definition) is 0. The van der Waals surface area contributed by atoms with E-state index in [9.17, 15) is 9.59 Å². The van der Waals surface area contributed by atoms with Crippen molar-refractivity contribution in [3.05, 3.63) is 55.6 Å². The van der Waals surface area contributed by atoms with E-state index < -0.39 is 0 Å². The number of thiazole rings is 1. The van der Waals surface area contributed by atoms with Gasteiger partial charge >= 0.3 is 4.87 Å². The second-order valence-electron chi connectivity index (χ2n) is 5.94. The molecule has 1 fully saturated rings. The number of carbonyl (C=O) groups is 1. The number of carbonyl (C=O) groups excluding carboxylic acids is 1. The summed E-state index contributed by atoms with van der Waals surface area (Å²) >= 11 is 7.11. The largest absolute Gasteiger partial charge is 0.336 e. The smallest absolute Gasteiger partial charge is 0.307 e. The van der Waals surface area contributed by atoms with Crippen LogP contribution in [0.5, 0.6) is 0 Å². The van der Waals surface area contributed by atoms with Crippen LogP contribution in [-0.2, 0) is 6.54 Å². The van der Waals surface area contributed by atoms with Crippen molar-refractivity contribution in [3.63, 3.8) is 0 Å². The lowest BCUT2D eigenvalue weighted by Gasteiger charge is -2.34. The molecule has 0 spiro atoms. The molecule has 1 amide bonds. The number of nitrogens with zero attached hydrogens (tertiary/aromatic N) is 3. The molecule has 1 saturated heterocycles. The lowest BCUT2D eigenvalue weighted by molar-refractivity contribution is 0.0633. The summed E-state index contributed by atoms with van der Waals surface area (Å²) in [6.45, 7) is 6.58. The fraction of sp³-hybridized carbons (Fsp3) is 0.412. The van der Waals surface area contributed by atoms with Crippen LogP contribution in [0.25, 0.3) is 0 Å². The Labute approximate surface area is 150 Å². The van der Waals surface area contributed by atoms with E-state index in [4.69, 9.17) is 11.6 Å². The van der Waals surface area contributed by atoms with Crippen LogP contribution in [0.4, 0.5) is 0 Å². The summed E-state index contributed by atoms with van der Waals surface area (Å²) in [5.41, 5.74) is 1.69. The Morgan fingerprint density at radius 3 is 2.38 bits per heavy atom. The van der Waals surface area contributed by atoms with E-state index in [1.807, 2.05) is 21.8 Å². The quantitative estimate of drug-likeness (QED) is 0.835. The third kappa shape index (κ3) is 3.88. The molecule has 0 aliphatic carbocycles. The summed E-state index contributed by atoms with van der Waals surface area (Å²) < 4.78 is 1.82. The summed E-state index contributed by atoms with van der Waals surface area (Å²) in [6, 6.07) is 7.02. The Balaban J connectivity index is 1.51. The molecule has 0 unspecified atom stereocenters. The van der Waals surface area contributed by atoms with Crippen LogP contribution in [0.15, 0.2) is 34.4 Å². The highest BCUT2D eigenvalue weighted by molar-refractivity contribution is 7.07. The van der Waals surface area contributed by atoms with Gasteiger partial charge in [-0.2, -0.15) is 0 Å². The van der Waals surface area contributed by atoms with Crippen LogP contribution in [-0.4, -0.2) is 53.0 Å². The number of benzene rings is 1. The molecule has 5 nitrogen and oxygen atoms in total. The molecule has 24 heavy (non-hydrogen) atoms. The molecular weight excluding hydrogens is 346 g/mol. The number of aryl methyl sites for hydroxylation is 1. The van der Waals surface area contributed by atoms with Crippen molar-refractivity contribution < 1.29 is 4.79 Å². The number of hydrogen-bond acceptors (Lipinski definition) is 4. The maximum atomic E-state index is 12.5. The molecule has 1 aromatic heterocycles. The number of amides is 1. The van der Waals surface area contributed by atoms with E-state index in [1.54, 1.807) is 24.3 Å². The van der Waals surface area contributed by atoms with Crippen molar-refractivity contribution in [2.24, 2.45) is 0 Å². The van der Waals surface area contributed by atoms with Gasteiger partial charge in [0.25, 0.3) is 5.91 Å². The van der Waals surface area contributed by atoms with Crippen LogP contribution >= 0.6 is 22.9 Å². The summed E-state index contributed by atoms with van der Waals surface area (Å²) in [4.78, 5) is 28.5. The van der Waals surface area contributed by atoms with Gasteiger partial charge in [-0.05, 0) is 31.2 Å². The normalized spacial score (nSPS) is 15.7. The zero-order valence-corrected chi connectivity index (χ0v) is 15.1. The molecule has 0 N–H and O–H groups in total. The van der Waals surface area contributed by atoms with Crippen molar-refractivity contribution in [1.29, 1.82) is 0 Å². The fourth-order valence-electron chi connectivity index (χ4n) is 2.87. The van der Waals surface area contributed by atoms with Crippen molar-refractivity contribution in [3.8, 4) is 0 Å². The zero-order valence-electron chi connectivity index (χ0n) is 13.6. The molecule has 1 aromatic carbocycles. The van der Waals surface area contributed by atoms with Gasteiger partial charge in [0.15, 0.2) is 0 Å². The second-order valence-corrected chi connectivity index (χ2v) is 7.19. The van der Waals surface area contributed by atoms with Crippen LogP contribution < -0.4 is 4.87 Å². The summed E-state index contributed by atoms with van der Waals surface area (Å²) in [6.07, 6.45) is 0. The van der Waals surface area contributed by atoms with Gasteiger partial charge in [0.05, 0.1) is 0 Å². The Morgan fingerprint density at radius 1 is 1.12 bits per heavy atom. The Morgan fingerprint density at radius 2 is 1.79 bits per heavy atom. The lowest BCUT2D eigenvalue weighted by Crippen LogP contribution is -2.49. The molecule has 2 aromatic rings. The number of piperazine rings is 1. The van der Waals surface area contributed by atoms with Gasteiger partial charge in [0.1, 0.15) is 0 Å². The molecule has 0 bridgehead atoms. The highest BCUT2D eigenvalue weighted by Gasteiger charge is 2.22. The molecule has 128 valence electrons. The molecule has 1 aliphatic heterocycles. The maximum absolute atomic E-state index is 12.5. The van der Waals surface area contributed by atoms with E-state index in [0.29, 0.717) is 30.2 Å². The highest BCUT2D eigenvalue weighted by atomic mass is 35.5. The maximum Gasteiger partial charge on any atom is 0.307 e. The minimum atomic E-state index is 0.0521. The van der Waals surface area contributed by atoms with E-state index in [-0.39, 0.29) is 10.8 Å². The average Bonchev–Trinajstić information content (AvgIpc) is 2.92. The predicted molar refractivity (Wildman–Crippen MR) is 97.1 cm³/mol. The predicted octanol–water partition coefficient (Wildman–Crippen LogP) is 2.33. The second kappa shape index (κ2) is 7.51. The number of halogens is 1. The monoisotopic (exact) mass is 365 g/mol. The average molecular weight is 366 g/mol. The molecule has 0 saturated carbocycles. The van der Waals surface area contributed by atoms with Crippen molar-refractivity contribution >= 4 is 28.8 Å². The standard InChI is InChI=1S/C17H20ClN3O2S/c1-13-12-24-17(23)21(13)11-8-19-6-9-20(10-7-19)16(22)14-2-4-15(18)5-3-14/h2-5,12H,6-11H2,1H3. The topological polar surface area (TPSA) is 45.6 Å². The van der Waals surface area contributed by atoms with E-state index in [2.05, 4.69) is 4.90 Å². The van der Waals surface area contributed by atoms with Crippen LogP contribution in [0, 0.1) is 6.92 Å². The molecule has 3 rings (SSSR count). The summed E-state index contributed by atoms with van der Waals surface area (Å²) in [7, 11) is 0. The number of rotatable bonds is 4. The summed E-state index contributed by atoms with van der Waals surface area (Å²) in [5.74, 6) is 0.0521. The minimum absolute atomic E-state index is 0.0521. The van der Waals surface area contributed by atoms with Gasteiger partial charge in [-0.15, -0.1) is 0 Å². The third-order valence-electron chi connectivity index (χ3n) is 4.37. The van der Waals surface area contributed by atoms with Crippen molar-refractivity contribution in [2.45, 2.75) is 13.5 Å². The first-order chi connectivity index (χ1) is 11.5.